The molecule has 0 unspecified atom stereocenters. The molecule has 29 heavy (non-hydrogen) atoms. The molecule has 2 heterocycles. The number of amides is 1. The van der Waals surface area contributed by atoms with Gasteiger partial charge < -0.3 is 14.4 Å². The van der Waals surface area contributed by atoms with Crippen molar-refractivity contribution in [3.8, 4) is 0 Å². The molecule has 2 saturated heterocycles. The van der Waals surface area contributed by atoms with Gasteiger partial charge in [-0.3, -0.25) is 4.79 Å². The lowest BCUT2D eigenvalue weighted by atomic mass is 9.96. The Morgan fingerprint density at radius 2 is 1.76 bits per heavy atom. The van der Waals surface area contributed by atoms with E-state index in [2.05, 4.69) is 0 Å². The Kier molecular flexibility index (Phi) is 5.97. The number of hydrogen-bond donors (Lipinski definition) is 0. The van der Waals surface area contributed by atoms with Gasteiger partial charge in [0.2, 0.25) is 10.0 Å². The summed E-state index contributed by atoms with van der Waals surface area (Å²) in [6.07, 6.45) is 6.37. The number of sulfonamides is 1. The first kappa shape index (κ1) is 20.8. The summed E-state index contributed by atoms with van der Waals surface area (Å²) in [6, 6.07) is 6.48. The van der Waals surface area contributed by atoms with Gasteiger partial charge in [0.1, 0.15) is 0 Å². The first-order valence-electron chi connectivity index (χ1n) is 10.6. The number of nitrogens with zero attached hydrogens (tertiary/aromatic N) is 2. The Balaban J connectivity index is 1.47. The van der Waals surface area contributed by atoms with E-state index in [0.717, 1.165) is 25.7 Å². The Morgan fingerprint density at radius 3 is 2.41 bits per heavy atom. The van der Waals surface area contributed by atoms with Gasteiger partial charge in [0, 0.05) is 44.6 Å². The van der Waals surface area contributed by atoms with Crippen LogP contribution in [0.1, 0.15) is 55.3 Å². The summed E-state index contributed by atoms with van der Waals surface area (Å²) in [6.45, 7) is 2.28. The maximum absolute atomic E-state index is 13.1. The van der Waals surface area contributed by atoms with Crippen LogP contribution in [0.2, 0.25) is 0 Å². The van der Waals surface area contributed by atoms with E-state index in [1.54, 1.807) is 30.1 Å². The van der Waals surface area contributed by atoms with E-state index in [1.807, 2.05) is 0 Å². The Morgan fingerprint density at radius 1 is 1.10 bits per heavy atom. The van der Waals surface area contributed by atoms with E-state index in [4.69, 9.17) is 9.47 Å². The highest BCUT2D eigenvalue weighted by Crippen LogP contribution is 2.32. The van der Waals surface area contributed by atoms with Crippen LogP contribution < -0.4 is 0 Å². The fourth-order valence-corrected chi connectivity index (χ4v) is 6.08. The van der Waals surface area contributed by atoms with Crippen molar-refractivity contribution < 1.29 is 22.7 Å². The Hall–Kier alpha value is -1.48. The van der Waals surface area contributed by atoms with Gasteiger partial charge in [-0.2, -0.15) is 4.31 Å². The van der Waals surface area contributed by atoms with E-state index >= 15 is 0 Å². The average Bonchev–Trinajstić information content (AvgIpc) is 3.22. The molecule has 8 heteroatoms. The molecule has 3 fully saturated rings. The molecule has 1 aliphatic carbocycles. The van der Waals surface area contributed by atoms with Crippen LogP contribution in [-0.4, -0.2) is 68.7 Å². The van der Waals surface area contributed by atoms with Crippen molar-refractivity contribution in [2.45, 2.75) is 61.7 Å². The molecule has 0 radical (unpaired) electrons. The number of benzene rings is 1. The van der Waals surface area contributed by atoms with Crippen molar-refractivity contribution >= 4 is 15.9 Å². The maximum Gasteiger partial charge on any atom is 0.253 e. The normalized spacial score (nSPS) is 23.0. The molecule has 0 atom stereocenters. The molecule has 0 N–H and O–H groups in total. The largest absolute Gasteiger partial charge is 0.347 e. The molecule has 0 bridgehead atoms. The Bertz CT molecular complexity index is 834. The van der Waals surface area contributed by atoms with Gasteiger partial charge in [-0.25, -0.2) is 8.42 Å². The summed E-state index contributed by atoms with van der Waals surface area (Å²) in [5.41, 5.74) is 0.410. The van der Waals surface area contributed by atoms with Crippen molar-refractivity contribution in [1.29, 1.82) is 0 Å². The third-order valence-electron chi connectivity index (χ3n) is 6.47. The van der Waals surface area contributed by atoms with Crippen molar-refractivity contribution in [3.63, 3.8) is 0 Å². The average molecular weight is 423 g/mol. The van der Waals surface area contributed by atoms with Gasteiger partial charge in [0.15, 0.2) is 5.79 Å². The zero-order valence-electron chi connectivity index (χ0n) is 17.0. The SMILES string of the molecule is CN(C1CCCCC1)S(=O)(=O)c1cccc(C(=O)N2CCC3(CC2)OCCO3)c1. The summed E-state index contributed by atoms with van der Waals surface area (Å²) < 4.78 is 39.2. The lowest BCUT2D eigenvalue weighted by molar-refractivity contribution is -0.181. The molecule has 0 aromatic heterocycles. The second kappa shape index (κ2) is 8.34. The summed E-state index contributed by atoms with van der Waals surface area (Å²) in [4.78, 5) is 14.9. The van der Waals surface area contributed by atoms with E-state index in [-0.39, 0.29) is 16.8 Å². The third kappa shape index (κ3) is 4.21. The fraction of sp³-hybridized carbons (Fsp3) is 0.667. The second-order valence-corrected chi connectivity index (χ2v) is 10.2. The quantitative estimate of drug-likeness (QED) is 0.746. The number of likely N-dealkylation sites (tertiary alicyclic amines) is 1. The van der Waals surface area contributed by atoms with E-state index in [1.165, 1.54) is 16.8 Å². The minimum atomic E-state index is -3.62. The highest BCUT2D eigenvalue weighted by Gasteiger charge is 2.41. The highest BCUT2D eigenvalue weighted by atomic mass is 32.2. The number of piperidine rings is 1. The summed E-state index contributed by atoms with van der Waals surface area (Å²) in [7, 11) is -1.96. The predicted molar refractivity (Wildman–Crippen MR) is 108 cm³/mol. The molecule has 1 spiro atoms. The standard InChI is InChI=1S/C21H30N2O5S/c1-22(18-7-3-2-4-8-18)29(25,26)19-9-5-6-17(16-19)20(24)23-12-10-21(11-13-23)27-14-15-28-21/h5-6,9,16,18H,2-4,7-8,10-15H2,1H3. The third-order valence-corrected chi connectivity index (χ3v) is 8.38. The van der Waals surface area contributed by atoms with Crippen molar-refractivity contribution in [3.05, 3.63) is 29.8 Å². The van der Waals surface area contributed by atoms with E-state index < -0.39 is 15.8 Å². The van der Waals surface area contributed by atoms with Crippen LogP contribution in [0, 0.1) is 0 Å². The first-order valence-corrected chi connectivity index (χ1v) is 12.0. The number of hydrogen-bond acceptors (Lipinski definition) is 5. The number of carbonyl (C=O) groups is 1. The van der Waals surface area contributed by atoms with E-state index in [9.17, 15) is 13.2 Å². The number of ether oxygens (including phenoxy) is 2. The van der Waals surface area contributed by atoms with Crippen LogP contribution in [0.25, 0.3) is 0 Å². The van der Waals surface area contributed by atoms with Crippen LogP contribution in [0.3, 0.4) is 0 Å². The fourth-order valence-electron chi connectivity index (χ4n) is 4.62. The van der Waals surface area contributed by atoms with Gasteiger partial charge in [-0.15, -0.1) is 0 Å². The second-order valence-electron chi connectivity index (χ2n) is 8.24. The zero-order chi connectivity index (χ0) is 20.5. The lowest BCUT2D eigenvalue weighted by Gasteiger charge is -2.37. The predicted octanol–water partition coefficient (Wildman–Crippen LogP) is 2.62. The minimum absolute atomic E-state index is 0.0396. The van der Waals surface area contributed by atoms with Crippen molar-refractivity contribution in [1.82, 2.24) is 9.21 Å². The maximum atomic E-state index is 13.1. The molecule has 7 nitrogen and oxygen atoms in total. The molecule has 160 valence electrons. The van der Waals surface area contributed by atoms with Crippen LogP contribution in [0.4, 0.5) is 0 Å². The minimum Gasteiger partial charge on any atom is -0.347 e. The molecular formula is C21H30N2O5S. The molecular weight excluding hydrogens is 392 g/mol. The number of carbonyl (C=O) groups excluding carboxylic acids is 1. The topological polar surface area (TPSA) is 76.2 Å². The highest BCUT2D eigenvalue weighted by molar-refractivity contribution is 7.89. The Labute approximate surface area is 173 Å². The van der Waals surface area contributed by atoms with Crippen molar-refractivity contribution in [2.75, 3.05) is 33.4 Å². The molecule has 4 rings (SSSR count). The zero-order valence-corrected chi connectivity index (χ0v) is 17.8. The summed E-state index contributed by atoms with van der Waals surface area (Å²) in [5, 5.41) is 0. The summed E-state index contributed by atoms with van der Waals surface area (Å²) >= 11 is 0. The van der Waals surface area contributed by atoms with Crippen LogP contribution >= 0.6 is 0 Å². The summed E-state index contributed by atoms with van der Waals surface area (Å²) in [5.74, 6) is -0.680. The van der Waals surface area contributed by atoms with Crippen LogP contribution in [0.15, 0.2) is 29.2 Å². The van der Waals surface area contributed by atoms with Crippen molar-refractivity contribution in [2.24, 2.45) is 0 Å². The molecule has 3 aliphatic rings. The van der Waals surface area contributed by atoms with E-state index in [0.29, 0.717) is 44.7 Å². The lowest BCUT2D eigenvalue weighted by Crippen LogP contribution is -2.47. The van der Waals surface area contributed by atoms with Crippen LogP contribution in [0.5, 0.6) is 0 Å². The monoisotopic (exact) mass is 422 g/mol. The van der Waals surface area contributed by atoms with Crippen LogP contribution in [-0.2, 0) is 19.5 Å². The molecule has 1 aromatic rings. The number of rotatable bonds is 4. The van der Waals surface area contributed by atoms with Gasteiger partial charge >= 0.3 is 0 Å². The molecule has 1 amide bonds. The molecule has 1 aromatic carbocycles. The smallest absolute Gasteiger partial charge is 0.253 e. The molecule has 1 saturated carbocycles. The van der Waals surface area contributed by atoms with Gasteiger partial charge in [0.05, 0.1) is 18.1 Å². The first-order chi connectivity index (χ1) is 13.9. The van der Waals surface area contributed by atoms with Gasteiger partial charge in [-0.1, -0.05) is 25.3 Å². The molecule has 2 aliphatic heterocycles. The van der Waals surface area contributed by atoms with Gasteiger partial charge in [-0.05, 0) is 31.0 Å². The van der Waals surface area contributed by atoms with Gasteiger partial charge in [0.25, 0.3) is 5.91 Å².